The standard InChI is InChI=1S/C22H27NO3/c1-14(2)16-5-7-19-21(10-16)26-18(12-23(19)4)9-15(3)17-6-8-20-22(11-17)25-13-24-20/h5-8,10-11,14-15,18H,9,12-13H2,1-4H3. The van der Waals surface area contributed by atoms with Crippen molar-refractivity contribution in [2.45, 2.75) is 45.1 Å². The lowest BCUT2D eigenvalue weighted by Gasteiger charge is -2.35. The molecule has 0 fully saturated rings. The Hall–Kier alpha value is -2.36. The molecule has 2 heterocycles. The van der Waals surface area contributed by atoms with Gasteiger partial charge in [0, 0.05) is 7.05 Å². The molecule has 2 unspecified atom stereocenters. The number of ether oxygens (including phenoxy) is 3. The van der Waals surface area contributed by atoms with E-state index in [2.05, 4.69) is 63.1 Å². The highest BCUT2D eigenvalue weighted by Gasteiger charge is 2.26. The molecule has 2 aromatic carbocycles. The summed E-state index contributed by atoms with van der Waals surface area (Å²) in [6.07, 6.45) is 1.14. The molecule has 2 atom stereocenters. The van der Waals surface area contributed by atoms with Gasteiger partial charge in [-0.2, -0.15) is 0 Å². The van der Waals surface area contributed by atoms with Crippen molar-refractivity contribution in [3.05, 3.63) is 47.5 Å². The second-order valence-corrected chi connectivity index (χ2v) is 7.75. The average molecular weight is 353 g/mol. The summed E-state index contributed by atoms with van der Waals surface area (Å²) in [7, 11) is 2.15. The van der Waals surface area contributed by atoms with Crippen LogP contribution in [0.5, 0.6) is 17.2 Å². The van der Waals surface area contributed by atoms with E-state index in [0.717, 1.165) is 30.2 Å². The summed E-state index contributed by atoms with van der Waals surface area (Å²) >= 11 is 0. The van der Waals surface area contributed by atoms with E-state index in [4.69, 9.17) is 14.2 Å². The summed E-state index contributed by atoms with van der Waals surface area (Å²) in [4.78, 5) is 2.31. The molecule has 138 valence electrons. The Morgan fingerprint density at radius 3 is 2.50 bits per heavy atom. The van der Waals surface area contributed by atoms with Crippen LogP contribution in [-0.4, -0.2) is 26.5 Å². The lowest BCUT2D eigenvalue weighted by molar-refractivity contribution is 0.173. The van der Waals surface area contributed by atoms with Crippen LogP contribution in [0.2, 0.25) is 0 Å². The molecule has 0 spiro atoms. The SMILES string of the molecule is CC(C)c1ccc2c(c1)OC(CC(C)c1ccc3c(c1)OCO3)CN2C. The van der Waals surface area contributed by atoms with Crippen molar-refractivity contribution in [1.82, 2.24) is 0 Å². The summed E-state index contributed by atoms with van der Waals surface area (Å²) in [5, 5.41) is 0. The van der Waals surface area contributed by atoms with Gasteiger partial charge in [-0.3, -0.25) is 0 Å². The quantitative estimate of drug-likeness (QED) is 0.780. The normalized spacial score (nSPS) is 19.3. The molecule has 0 aromatic heterocycles. The Morgan fingerprint density at radius 1 is 0.962 bits per heavy atom. The molecule has 0 amide bonds. The van der Waals surface area contributed by atoms with Gasteiger partial charge in [0.15, 0.2) is 11.5 Å². The van der Waals surface area contributed by atoms with E-state index >= 15 is 0 Å². The van der Waals surface area contributed by atoms with E-state index in [0.29, 0.717) is 18.6 Å². The zero-order valence-corrected chi connectivity index (χ0v) is 16.0. The highest BCUT2D eigenvalue weighted by molar-refractivity contribution is 5.61. The molecule has 0 aliphatic carbocycles. The van der Waals surface area contributed by atoms with Gasteiger partial charge in [0.25, 0.3) is 0 Å². The van der Waals surface area contributed by atoms with Crippen LogP contribution in [0.25, 0.3) is 0 Å². The molecule has 26 heavy (non-hydrogen) atoms. The number of hydrogen-bond acceptors (Lipinski definition) is 4. The van der Waals surface area contributed by atoms with Gasteiger partial charge in [0.2, 0.25) is 6.79 Å². The smallest absolute Gasteiger partial charge is 0.231 e. The maximum Gasteiger partial charge on any atom is 0.231 e. The third kappa shape index (κ3) is 3.20. The predicted molar refractivity (Wildman–Crippen MR) is 104 cm³/mol. The van der Waals surface area contributed by atoms with Crippen LogP contribution in [0, 0.1) is 0 Å². The van der Waals surface area contributed by atoms with E-state index in [-0.39, 0.29) is 6.10 Å². The number of benzene rings is 2. The highest BCUT2D eigenvalue weighted by Crippen LogP contribution is 2.39. The van der Waals surface area contributed by atoms with Crippen LogP contribution < -0.4 is 19.1 Å². The number of fused-ring (bicyclic) bond motifs is 2. The number of hydrogen-bond donors (Lipinski definition) is 0. The van der Waals surface area contributed by atoms with E-state index in [1.54, 1.807) is 0 Å². The largest absolute Gasteiger partial charge is 0.486 e. The number of rotatable bonds is 4. The molecular weight excluding hydrogens is 326 g/mol. The van der Waals surface area contributed by atoms with Crippen molar-refractivity contribution < 1.29 is 14.2 Å². The summed E-state index contributed by atoms with van der Waals surface area (Å²) < 4.78 is 17.3. The van der Waals surface area contributed by atoms with E-state index in [1.807, 2.05) is 6.07 Å². The second kappa shape index (κ2) is 6.75. The Kier molecular flexibility index (Phi) is 4.43. The fraction of sp³-hybridized carbons (Fsp3) is 0.455. The molecule has 2 aliphatic heterocycles. The molecule has 0 bridgehead atoms. The molecular formula is C22H27NO3. The third-order valence-corrected chi connectivity index (χ3v) is 5.42. The van der Waals surface area contributed by atoms with Gasteiger partial charge in [-0.05, 0) is 53.6 Å². The van der Waals surface area contributed by atoms with Gasteiger partial charge in [-0.15, -0.1) is 0 Å². The monoisotopic (exact) mass is 353 g/mol. The molecule has 0 N–H and O–H groups in total. The van der Waals surface area contributed by atoms with Gasteiger partial charge in [0.05, 0.1) is 12.2 Å². The zero-order chi connectivity index (χ0) is 18.3. The second-order valence-electron chi connectivity index (χ2n) is 7.75. The topological polar surface area (TPSA) is 30.9 Å². The van der Waals surface area contributed by atoms with Crippen LogP contribution in [0.3, 0.4) is 0 Å². The Balaban J connectivity index is 1.49. The Bertz CT molecular complexity index is 802. The summed E-state index contributed by atoms with van der Waals surface area (Å²) in [6, 6.07) is 12.8. The van der Waals surface area contributed by atoms with E-state index < -0.39 is 0 Å². The molecule has 2 aliphatic rings. The Labute approximate surface area is 155 Å². The maximum atomic E-state index is 6.38. The van der Waals surface area contributed by atoms with Crippen LogP contribution in [0.1, 0.15) is 50.2 Å². The Morgan fingerprint density at radius 2 is 1.69 bits per heavy atom. The average Bonchev–Trinajstić information content (AvgIpc) is 3.08. The molecule has 4 nitrogen and oxygen atoms in total. The van der Waals surface area contributed by atoms with Gasteiger partial charge in [-0.1, -0.05) is 32.9 Å². The molecule has 4 rings (SSSR count). The van der Waals surface area contributed by atoms with Gasteiger partial charge < -0.3 is 19.1 Å². The maximum absolute atomic E-state index is 6.38. The molecule has 0 radical (unpaired) electrons. The number of likely N-dealkylation sites (N-methyl/N-ethyl adjacent to an activating group) is 1. The van der Waals surface area contributed by atoms with Gasteiger partial charge in [-0.25, -0.2) is 0 Å². The highest BCUT2D eigenvalue weighted by atomic mass is 16.7. The van der Waals surface area contributed by atoms with Crippen molar-refractivity contribution in [1.29, 1.82) is 0 Å². The first kappa shape index (κ1) is 17.1. The van der Waals surface area contributed by atoms with E-state index in [9.17, 15) is 0 Å². The summed E-state index contributed by atoms with van der Waals surface area (Å²) in [5.41, 5.74) is 3.77. The van der Waals surface area contributed by atoms with Crippen LogP contribution in [0.4, 0.5) is 5.69 Å². The zero-order valence-electron chi connectivity index (χ0n) is 16.0. The third-order valence-electron chi connectivity index (χ3n) is 5.42. The van der Waals surface area contributed by atoms with E-state index in [1.165, 1.54) is 16.8 Å². The van der Waals surface area contributed by atoms with Crippen molar-refractivity contribution in [3.63, 3.8) is 0 Å². The first-order valence-electron chi connectivity index (χ1n) is 9.42. The van der Waals surface area contributed by atoms with Gasteiger partial charge in [0.1, 0.15) is 11.9 Å². The lowest BCUT2D eigenvalue weighted by Crippen LogP contribution is -2.38. The van der Waals surface area contributed by atoms with Crippen molar-refractivity contribution in [2.75, 3.05) is 25.3 Å². The first-order valence-corrected chi connectivity index (χ1v) is 9.42. The van der Waals surface area contributed by atoms with Crippen LogP contribution in [-0.2, 0) is 0 Å². The van der Waals surface area contributed by atoms with Crippen LogP contribution in [0.15, 0.2) is 36.4 Å². The minimum atomic E-state index is 0.176. The summed E-state index contributed by atoms with van der Waals surface area (Å²) in [5.74, 6) is 3.58. The molecule has 4 heteroatoms. The molecule has 2 aromatic rings. The minimum absolute atomic E-state index is 0.176. The van der Waals surface area contributed by atoms with Crippen molar-refractivity contribution in [3.8, 4) is 17.2 Å². The molecule has 0 saturated carbocycles. The number of anilines is 1. The van der Waals surface area contributed by atoms with Crippen molar-refractivity contribution >= 4 is 5.69 Å². The fourth-order valence-electron chi connectivity index (χ4n) is 3.79. The lowest BCUT2D eigenvalue weighted by atomic mass is 9.93. The first-order chi connectivity index (χ1) is 12.5. The summed E-state index contributed by atoms with van der Waals surface area (Å²) in [6.45, 7) is 7.91. The fourth-order valence-corrected chi connectivity index (χ4v) is 3.79. The minimum Gasteiger partial charge on any atom is -0.486 e. The molecule has 0 saturated heterocycles. The predicted octanol–water partition coefficient (Wildman–Crippen LogP) is 4.93. The van der Waals surface area contributed by atoms with Crippen LogP contribution >= 0.6 is 0 Å². The van der Waals surface area contributed by atoms with Gasteiger partial charge >= 0.3 is 0 Å². The number of nitrogens with zero attached hydrogens (tertiary/aromatic N) is 1. The van der Waals surface area contributed by atoms with Crippen molar-refractivity contribution in [2.24, 2.45) is 0 Å².